The summed E-state index contributed by atoms with van der Waals surface area (Å²) in [5.41, 5.74) is 0. The number of rotatable bonds is 19. The van der Waals surface area contributed by atoms with E-state index in [9.17, 15) is 19.2 Å². The van der Waals surface area contributed by atoms with Gasteiger partial charge in [0.2, 0.25) is 11.8 Å². The number of nitrogens with one attached hydrogen (secondary N) is 2. The van der Waals surface area contributed by atoms with E-state index in [0.29, 0.717) is 32.5 Å². The molecule has 0 saturated carbocycles. The third-order valence-electron chi connectivity index (χ3n) is 5.55. The molecule has 0 heterocycles. The molecule has 34 heavy (non-hydrogen) atoms. The van der Waals surface area contributed by atoms with E-state index >= 15 is 0 Å². The van der Waals surface area contributed by atoms with Crippen molar-refractivity contribution in [2.45, 2.75) is 118 Å². The molecule has 8 heteroatoms. The Morgan fingerprint density at radius 1 is 0.647 bits per heavy atom. The molecule has 0 aliphatic carbocycles. The zero-order valence-electron chi connectivity index (χ0n) is 22.2. The molecule has 0 radical (unpaired) electrons. The van der Waals surface area contributed by atoms with Crippen molar-refractivity contribution in [2.24, 2.45) is 11.8 Å². The molecule has 0 rings (SSSR count). The first-order valence-electron chi connectivity index (χ1n) is 13.0. The molecule has 2 unspecified atom stereocenters. The van der Waals surface area contributed by atoms with Crippen LogP contribution in [0.3, 0.4) is 0 Å². The summed E-state index contributed by atoms with van der Waals surface area (Å²) >= 11 is 0. The van der Waals surface area contributed by atoms with Crippen molar-refractivity contribution in [1.29, 1.82) is 0 Å². The molecule has 2 N–H and O–H groups in total. The molecule has 0 fully saturated rings. The van der Waals surface area contributed by atoms with E-state index < -0.39 is 18.1 Å². The molecular formula is C26H48N2O6. The molecule has 0 aromatic rings. The summed E-state index contributed by atoms with van der Waals surface area (Å²) in [5, 5.41) is 5.44. The lowest BCUT2D eigenvalue weighted by molar-refractivity contribution is -0.150. The molecule has 198 valence electrons. The molecule has 2 amide bonds. The Bertz CT molecular complexity index is 606. The van der Waals surface area contributed by atoms with Crippen LogP contribution in [0, 0.1) is 11.8 Å². The highest BCUT2D eigenvalue weighted by Gasteiger charge is 2.26. The van der Waals surface area contributed by atoms with E-state index in [4.69, 9.17) is 9.47 Å². The predicted octanol–water partition coefficient (Wildman–Crippen LogP) is 4.30. The van der Waals surface area contributed by atoms with Crippen LogP contribution in [-0.4, -0.2) is 49.1 Å². The molecule has 0 aliphatic heterocycles. The Morgan fingerprint density at radius 2 is 1.09 bits per heavy atom. The van der Waals surface area contributed by atoms with Crippen LogP contribution in [0.1, 0.15) is 106 Å². The molecule has 0 aromatic heterocycles. The van der Waals surface area contributed by atoms with Gasteiger partial charge in [-0.15, -0.1) is 0 Å². The van der Waals surface area contributed by atoms with E-state index in [1.807, 2.05) is 27.7 Å². The van der Waals surface area contributed by atoms with Gasteiger partial charge in [-0.1, -0.05) is 60.3 Å². The van der Waals surface area contributed by atoms with E-state index in [-0.39, 0.29) is 29.6 Å². The number of carbonyl (C=O) groups excluding carboxylic acids is 4. The van der Waals surface area contributed by atoms with Crippen LogP contribution in [0.15, 0.2) is 0 Å². The van der Waals surface area contributed by atoms with Crippen molar-refractivity contribution < 1.29 is 28.7 Å². The van der Waals surface area contributed by atoms with Crippen molar-refractivity contribution in [3.63, 3.8) is 0 Å². The summed E-state index contributed by atoms with van der Waals surface area (Å²) in [7, 11) is 0. The first kappa shape index (κ1) is 31.9. The fourth-order valence-electron chi connectivity index (χ4n) is 3.43. The first-order valence-corrected chi connectivity index (χ1v) is 13.0. The van der Waals surface area contributed by atoms with Gasteiger partial charge >= 0.3 is 11.9 Å². The number of esters is 2. The van der Waals surface area contributed by atoms with Gasteiger partial charge in [0.05, 0.1) is 13.2 Å². The van der Waals surface area contributed by atoms with Gasteiger partial charge in [0, 0.05) is 13.3 Å². The Kier molecular flexibility index (Phi) is 18.0. The van der Waals surface area contributed by atoms with Crippen LogP contribution in [-0.2, 0) is 28.7 Å². The summed E-state index contributed by atoms with van der Waals surface area (Å²) in [6.45, 7) is 11.6. The lowest BCUT2D eigenvalue weighted by atomic mass is 10.0. The topological polar surface area (TPSA) is 111 Å². The normalized spacial score (nSPS) is 12.8. The molecule has 0 aliphatic rings. The molecule has 0 bridgehead atoms. The summed E-state index contributed by atoms with van der Waals surface area (Å²) in [5.74, 6) is -1.25. The molecule has 0 spiro atoms. The second kappa shape index (κ2) is 19.2. The van der Waals surface area contributed by atoms with Gasteiger partial charge in [-0.2, -0.15) is 0 Å². The molecule has 8 nitrogen and oxygen atoms in total. The standard InChI is InChI=1S/C26H48N2O6/c1-7-8-9-10-13-16-22(30)28-24(20(4)5)26(32)34-18-15-12-11-14-17-33-25(31)23(19(2)3)27-21(6)29/h19-20,23-24H,7-18H2,1-6H3,(H,27,29)(H,28,30). The van der Waals surface area contributed by atoms with Crippen molar-refractivity contribution in [2.75, 3.05) is 13.2 Å². The van der Waals surface area contributed by atoms with Gasteiger partial charge < -0.3 is 20.1 Å². The van der Waals surface area contributed by atoms with Gasteiger partial charge in [0.25, 0.3) is 0 Å². The van der Waals surface area contributed by atoms with Gasteiger partial charge in [0.15, 0.2) is 0 Å². The van der Waals surface area contributed by atoms with Crippen molar-refractivity contribution in [3.8, 4) is 0 Å². The van der Waals surface area contributed by atoms with Gasteiger partial charge in [-0.25, -0.2) is 9.59 Å². The maximum Gasteiger partial charge on any atom is 0.328 e. The fourth-order valence-corrected chi connectivity index (χ4v) is 3.43. The average molecular weight is 485 g/mol. The van der Waals surface area contributed by atoms with Crippen LogP contribution in [0.4, 0.5) is 0 Å². The van der Waals surface area contributed by atoms with Gasteiger partial charge in [-0.3, -0.25) is 9.59 Å². The highest BCUT2D eigenvalue weighted by molar-refractivity contribution is 5.84. The highest BCUT2D eigenvalue weighted by Crippen LogP contribution is 2.09. The maximum atomic E-state index is 12.4. The lowest BCUT2D eigenvalue weighted by Crippen LogP contribution is -2.45. The number of hydrogen-bond acceptors (Lipinski definition) is 6. The fraction of sp³-hybridized carbons (Fsp3) is 0.846. The third-order valence-corrected chi connectivity index (χ3v) is 5.55. The number of carbonyl (C=O) groups is 4. The maximum absolute atomic E-state index is 12.4. The minimum absolute atomic E-state index is 0.0432. The Balaban J connectivity index is 4.06. The first-order chi connectivity index (χ1) is 16.1. The Hall–Kier alpha value is -2.12. The van der Waals surface area contributed by atoms with E-state index in [1.54, 1.807) is 0 Å². The quantitative estimate of drug-likeness (QED) is 0.209. The van der Waals surface area contributed by atoms with Gasteiger partial charge in [0.1, 0.15) is 12.1 Å². The van der Waals surface area contributed by atoms with Gasteiger partial charge in [-0.05, 0) is 43.9 Å². The molecular weight excluding hydrogens is 436 g/mol. The zero-order valence-corrected chi connectivity index (χ0v) is 22.2. The minimum Gasteiger partial charge on any atom is -0.464 e. The average Bonchev–Trinajstić information content (AvgIpc) is 2.76. The van der Waals surface area contributed by atoms with Crippen molar-refractivity contribution >= 4 is 23.8 Å². The summed E-state index contributed by atoms with van der Waals surface area (Å²) in [6.07, 6.45) is 8.87. The predicted molar refractivity (Wildman–Crippen MR) is 133 cm³/mol. The van der Waals surface area contributed by atoms with Crippen LogP contribution >= 0.6 is 0 Å². The summed E-state index contributed by atoms with van der Waals surface area (Å²) in [4.78, 5) is 47.9. The smallest absolute Gasteiger partial charge is 0.328 e. The zero-order chi connectivity index (χ0) is 25.9. The summed E-state index contributed by atoms with van der Waals surface area (Å²) < 4.78 is 10.7. The SMILES string of the molecule is CCCCCCCC(=O)NC(C(=O)OCCCCCCOC(=O)C(NC(C)=O)C(C)C)C(C)C. The van der Waals surface area contributed by atoms with Crippen LogP contribution in [0.2, 0.25) is 0 Å². The number of unbranched alkanes of at least 4 members (excludes halogenated alkanes) is 7. The molecule has 2 atom stereocenters. The van der Waals surface area contributed by atoms with E-state index in [2.05, 4.69) is 17.6 Å². The minimum atomic E-state index is -0.632. The number of ether oxygens (including phenoxy) is 2. The largest absolute Gasteiger partial charge is 0.464 e. The number of hydrogen-bond donors (Lipinski definition) is 2. The molecule has 0 aromatic carbocycles. The van der Waals surface area contributed by atoms with Crippen LogP contribution < -0.4 is 10.6 Å². The second-order valence-electron chi connectivity index (χ2n) is 9.62. The van der Waals surface area contributed by atoms with Crippen LogP contribution in [0.25, 0.3) is 0 Å². The summed E-state index contributed by atoms with van der Waals surface area (Å²) in [6, 6.07) is -1.26. The third kappa shape index (κ3) is 15.7. The monoisotopic (exact) mass is 484 g/mol. The Morgan fingerprint density at radius 3 is 1.53 bits per heavy atom. The number of amides is 2. The van der Waals surface area contributed by atoms with Crippen LogP contribution in [0.5, 0.6) is 0 Å². The van der Waals surface area contributed by atoms with Crippen molar-refractivity contribution in [1.82, 2.24) is 10.6 Å². The second-order valence-corrected chi connectivity index (χ2v) is 9.62. The van der Waals surface area contributed by atoms with E-state index in [0.717, 1.165) is 32.1 Å². The lowest BCUT2D eigenvalue weighted by Gasteiger charge is -2.21. The Labute approximate surface area is 206 Å². The van der Waals surface area contributed by atoms with Crippen molar-refractivity contribution in [3.05, 3.63) is 0 Å². The highest BCUT2D eigenvalue weighted by atomic mass is 16.5. The molecule has 0 saturated heterocycles. The van der Waals surface area contributed by atoms with E-state index in [1.165, 1.54) is 19.8 Å².